The van der Waals surface area contributed by atoms with Crippen molar-refractivity contribution in [1.29, 1.82) is 0 Å². The van der Waals surface area contributed by atoms with E-state index in [0.717, 1.165) is 49.5 Å². The predicted octanol–water partition coefficient (Wildman–Crippen LogP) is 4.11. The third-order valence-electron chi connectivity index (χ3n) is 3.50. The van der Waals surface area contributed by atoms with Gasteiger partial charge in [-0.15, -0.1) is 6.42 Å². The number of fused-ring (bicyclic) bond motifs is 1. The zero-order chi connectivity index (χ0) is 15.1. The maximum atomic E-state index is 11.2. The zero-order valence-electron chi connectivity index (χ0n) is 13.4. The van der Waals surface area contributed by atoms with E-state index in [9.17, 15) is 4.79 Å². The summed E-state index contributed by atoms with van der Waals surface area (Å²) in [6, 6.07) is 9.99. The summed E-state index contributed by atoms with van der Waals surface area (Å²) in [5.74, 6) is 2.56. The van der Waals surface area contributed by atoms with E-state index < -0.39 is 0 Å². The SMILES string of the molecule is C#Cc1ccc2cc(CCCOCCC)ccc2c1C=O.[H]. The highest BCUT2D eigenvalue weighted by atomic mass is 16.5. The lowest BCUT2D eigenvalue weighted by atomic mass is 9.97. The molecule has 0 spiro atoms. The Bertz CT molecular complexity index is 671. The monoisotopic (exact) mass is 281 g/mol. The number of carbonyl (C=O) groups excluding carboxylic acids is 1. The van der Waals surface area contributed by atoms with Crippen LogP contribution in [-0.2, 0) is 11.2 Å². The average molecular weight is 281 g/mol. The molecule has 0 aliphatic heterocycles. The summed E-state index contributed by atoms with van der Waals surface area (Å²) in [6.45, 7) is 3.73. The highest BCUT2D eigenvalue weighted by molar-refractivity contribution is 6.00. The Hall–Kier alpha value is -2.11. The lowest BCUT2D eigenvalue weighted by Gasteiger charge is -2.07. The van der Waals surface area contributed by atoms with Crippen molar-refractivity contribution in [3.8, 4) is 12.3 Å². The highest BCUT2D eigenvalue weighted by Crippen LogP contribution is 2.22. The van der Waals surface area contributed by atoms with Crippen molar-refractivity contribution in [2.24, 2.45) is 0 Å². The van der Waals surface area contributed by atoms with Crippen molar-refractivity contribution in [3.05, 3.63) is 47.0 Å². The van der Waals surface area contributed by atoms with Crippen LogP contribution in [0, 0.1) is 12.3 Å². The Morgan fingerprint density at radius 2 is 2.14 bits per heavy atom. The smallest absolute Gasteiger partial charge is 0.151 e. The van der Waals surface area contributed by atoms with E-state index in [1.54, 1.807) is 0 Å². The summed E-state index contributed by atoms with van der Waals surface area (Å²) in [4.78, 5) is 11.2. The number of hydrogen-bond acceptors (Lipinski definition) is 2. The van der Waals surface area contributed by atoms with Gasteiger partial charge in [-0.05, 0) is 41.7 Å². The molecule has 0 aliphatic carbocycles. The summed E-state index contributed by atoms with van der Waals surface area (Å²) in [7, 11) is 0. The van der Waals surface area contributed by atoms with Gasteiger partial charge in [0.15, 0.2) is 6.29 Å². The van der Waals surface area contributed by atoms with Crippen LogP contribution in [0.3, 0.4) is 0 Å². The molecule has 0 saturated carbocycles. The van der Waals surface area contributed by atoms with E-state index in [0.29, 0.717) is 11.1 Å². The summed E-state index contributed by atoms with van der Waals surface area (Å²) in [5.41, 5.74) is 2.51. The van der Waals surface area contributed by atoms with E-state index in [1.165, 1.54) is 5.56 Å². The lowest BCUT2D eigenvalue weighted by Crippen LogP contribution is -1.98. The first-order valence-corrected chi connectivity index (χ1v) is 7.35. The fourth-order valence-corrected chi connectivity index (χ4v) is 2.44. The molecule has 0 saturated heterocycles. The highest BCUT2D eigenvalue weighted by Gasteiger charge is 2.06. The third-order valence-corrected chi connectivity index (χ3v) is 3.50. The van der Waals surface area contributed by atoms with Gasteiger partial charge in [-0.3, -0.25) is 4.79 Å². The first-order chi connectivity index (χ1) is 10.3. The van der Waals surface area contributed by atoms with E-state index in [2.05, 4.69) is 25.0 Å². The molecule has 2 aromatic carbocycles. The summed E-state index contributed by atoms with van der Waals surface area (Å²) >= 11 is 0. The number of benzene rings is 2. The fraction of sp³-hybridized carbons (Fsp3) is 0.316. The van der Waals surface area contributed by atoms with E-state index >= 15 is 0 Å². The van der Waals surface area contributed by atoms with Crippen molar-refractivity contribution >= 4 is 17.1 Å². The maximum absolute atomic E-state index is 11.2. The molecule has 0 N–H and O–H groups in total. The largest absolute Gasteiger partial charge is 0.381 e. The normalized spacial score (nSPS) is 10.5. The standard InChI is InChI=1S/C19H20O2.H/c1-3-11-21-12-5-6-15-7-10-18-17(13-15)9-8-16(4-2)19(18)14-20;/h2,7-10,13-14H,3,5-6,11-12H2,1H3;. The summed E-state index contributed by atoms with van der Waals surface area (Å²) in [6.07, 6.45) is 9.32. The van der Waals surface area contributed by atoms with Crippen LogP contribution in [0.25, 0.3) is 10.8 Å². The second kappa shape index (κ2) is 7.61. The van der Waals surface area contributed by atoms with Crippen LogP contribution in [0.5, 0.6) is 0 Å². The van der Waals surface area contributed by atoms with Crippen molar-refractivity contribution in [2.45, 2.75) is 26.2 Å². The van der Waals surface area contributed by atoms with Crippen molar-refractivity contribution in [2.75, 3.05) is 13.2 Å². The van der Waals surface area contributed by atoms with Gasteiger partial charge in [0.2, 0.25) is 0 Å². The molecule has 2 aromatic rings. The first-order valence-electron chi connectivity index (χ1n) is 7.35. The van der Waals surface area contributed by atoms with Gasteiger partial charge in [-0.2, -0.15) is 0 Å². The number of rotatable bonds is 7. The molecule has 0 atom stereocenters. The van der Waals surface area contributed by atoms with Crippen LogP contribution in [-0.4, -0.2) is 19.5 Å². The van der Waals surface area contributed by atoms with Crippen LogP contribution >= 0.6 is 0 Å². The fourth-order valence-electron chi connectivity index (χ4n) is 2.44. The molecule has 0 fully saturated rings. The van der Waals surface area contributed by atoms with E-state index in [1.807, 2.05) is 18.2 Å². The minimum atomic E-state index is 0. The van der Waals surface area contributed by atoms with Gasteiger partial charge in [0, 0.05) is 25.8 Å². The number of carbonyl (C=O) groups is 1. The average Bonchev–Trinajstić information content (AvgIpc) is 2.53. The molecule has 2 nitrogen and oxygen atoms in total. The number of terminal acetylenes is 1. The van der Waals surface area contributed by atoms with E-state index in [4.69, 9.17) is 11.2 Å². The lowest BCUT2D eigenvalue weighted by molar-refractivity contribution is 0.112. The molecule has 21 heavy (non-hydrogen) atoms. The van der Waals surface area contributed by atoms with Crippen LogP contribution in [0.4, 0.5) is 0 Å². The first kappa shape index (κ1) is 15.3. The van der Waals surface area contributed by atoms with Gasteiger partial charge in [-0.25, -0.2) is 0 Å². The van der Waals surface area contributed by atoms with Crippen molar-refractivity contribution in [1.82, 2.24) is 0 Å². The minimum Gasteiger partial charge on any atom is -0.381 e. The number of aryl methyl sites for hydroxylation is 1. The zero-order valence-corrected chi connectivity index (χ0v) is 12.4. The van der Waals surface area contributed by atoms with Crippen LogP contribution in [0.15, 0.2) is 30.3 Å². The number of ether oxygens (including phenoxy) is 1. The molecule has 1 radical (unpaired) electrons. The summed E-state index contributed by atoms with van der Waals surface area (Å²) < 4.78 is 5.49. The van der Waals surface area contributed by atoms with Crippen molar-refractivity contribution < 1.29 is 11.0 Å². The van der Waals surface area contributed by atoms with Gasteiger partial charge < -0.3 is 4.74 Å². The second-order valence-electron chi connectivity index (χ2n) is 5.06. The Morgan fingerprint density at radius 3 is 2.86 bits per heavy atom. The van der Waals surface area contributed by atoms with Gasteiger partial charge in [0.1, 0.15) is 0 Å². The summed E-state index contributed by atoms with van der Waals surface area (Å²) in [5, 5.41) is 1.98. The second-order valence-corrected chi connectivity index (χ2v) is 5.06. The Labute approximate surface area is 127 Å². The molecule has 0 bridgehead atoms. The molecular weight excluding hydrogens is 260 g/mol. The van der Waals surface area contributed by atoms with Crippen LogP contribution in [0.1, 0.15) is 42.7 Å². The van der Waals surface area contributed by atoms with Gasteiger partial charge in [-0.1, -0.05) is 37.1 Å². The molecular formula is C19H21O2. The topological polar surface area (TPSA) is 26.3 Å². The van der Waals surface area contributed by atoms with E-state index in [-0.39, 0.29) is 1.43 Å². The van der Waals surface area contributed by atoms with Gasteiger partial charge >= 0.3 is 0 Å². The molecule has 0 aromatic heterocycles. The number of hydrogen-bond donors (Lipinski definition) is 0. The molecule has 2 heteroatoms. The molecule has 2 rings (SSSR count). The molecule has 0 amide bonds. The third kappa shape index (κ3) is 3.71. The number of aldehydes is 1. The molecule has 109 valence electrons. The predicted molar refractivity (Wildman–Crippen MR) is 87.8 cm³/mol. The van der Waals surface area contributed by atoms with Gasteiger partial charge in [0.05, 0.1) is 0 Å². The van der Waals surface area contributed by atoms with Crippen LogP contribution < -0.4 is 0 Å². The molecule has 0 aliphatic rings. The molecule has 0 unspecified atom stereocenters. The Morgan fingerprint density at radius 1 is 1.29 bits per heavy atom. The minimum absolute atomic E-state index is 0. The Kier molecular flexibility index (Phi) is 5.54. The quantitative estimate of drug-likeness (QED) is 0.434. The molecule has 0 heterocycles. The van der Waals surface area contributed by atoms with Gasteiger partial charge in [0.25, 0.3) is 0 Å². The maximum Gasteiger partial charge on any atom is 0.151 e. The Balaban J connectivity index is 0.00000242. The van der Waals surface area contributed by atoms with Crippen molar-refractivity contribution in [3.63, 3.8) is 0 Å². The van der Waals surface area contributed by atoms with Crippen LogP contribution in [0.2, 0.25) is 0 Å².